The van der Waals surface area contributed by atoms with Crippen molar-refractivity contribution in [1.29, 1.82) is 0 Å². The molecule has 3 heterocycles. The molecular formula is C24H33FN4O2S. The molecule has 0 saturated carbocycles. The number of benzene rings is 1. The Morgan fingerprint density at radius 3 is 2.94 bits per heavy atom. The van der Waals surface area contributed by atoms with E-state index in [1.54, 1.807) is 23.9 Å². The highest BCUT2D eigenvalue weighted by Gasteiger charge is 2.33. The topological polar surface area (TPSA) is 74.6 Å². The number of halogens is 1. The number of hydrogen-bond donors (Lipinski definition) is 2. The average Bonchev–Trinajstić information content (AvgIpc) is 3.40. The van der Waals surface area contributed by atoms with Gasteiger partial charge in [0.25, 0.3) is 5.91 Å². The lowest BCUT2D eigenvalue weighted by molar-refractivity contribution is -0.113. The van der Waals surface area contributed by atoms with E-state index < -0.39 is 0 Å². The monoisotopic (exact) mass is 460 g/mol. The number of nitrogens with one attached hydrogen (secondary N) is 1. The molecule has 0 radical (unpaired) electrons. The predicted molar refractivity (Wildman–Crippen MR) is 128 cm³/mol. The summed E-state index contributed by atoms with van der Waals surface area (Å²) in [6, 6.07) is 5.10. The lowest BCUT2D eigenvalue weighted by Gasteiger charge is -2.35. The second-order valence-electron chi connectivity index (χ2n) is 8.62. The van der Waals surface area contributed by atoms with Crippen molar-refractivity contribution < 1.29 is 13.9 Å². The third kappa shape index (κ3) is 5.47. The largest absolute Gasteiger partial charge is 0.379 e. The van der Waals surface area contributed by atoms with Crippen LogP contribution in [0.1, 0.15) is 38.2 Å². The van der Waals surface area contributed by atoms with E-state index in [0.29, 0.717) is 4.91 Å². The SMILES string of the molecule is CCCCC(Cc1c[nH]c2ccc(F)cc12)N1C=C(C(N)=O)SC1CCN1CCOCC1. The van der Waals surface area contributed by atoms with Gasteiger partial charge < -0.3 is 20.4 Å². The Morgan fingerprint density at radius 2 is 2.19 bits per heavy atom. The second kappa shape index (κ2) is 10.7. The minimum atomic E-state index is -0.364. The molecule has 4 rings (SSSR count). The molecule has 0 bridgehead atoms. The summed E-state index contributed by atoms with van der Waals surface area (Å²) in [4.78, 5) is 20.7. The number of hydrogen-bond acceptors (Lipinski definition) is 5. The number of fused-ring (bicyclic) bond motifs is 1. The van der Waals surface area contributed by atoms with Crippen LogP contribution in [0.3, 0.4) is 0 Å². The smallest absolute Gasteiger partial charge is 0.256 e. The van der Waals surface area contributed by atoms with Gasteiger partial charge in [-0.25, -0.2) is 4.39 Å². The molecule has 2 aromatic rings. The zero-order valence-corrected chi connectivity index (χ0v) is 19.5. The first-order chi connectivity index (χ1) is 15.5. The number of primary amides is 1. The van der Waals surface area contributed by atoms with Crippen LogP contribution in [0.25, 0.3) is 10.9 Å². The fourth-order valence-corrected chi connectivity index (χ4v) is 5.78. The Balaban J connectivity index is 1.54. The zero-order chi connectivity index (χ0) is 22.5. The number of amides is 1. The number of morpholine rings is 1. The highest BCUT2D eigenvalue weighted by molar-refractivity contribution is 8.04. The fourth-order valence-electron chi connectivity index (χ4n) is 4.61. The van der Waals surface area contributed by atoms with Crippen LogP contribution in [-0.4, -0.2) is 65.0 Å². The molecule has 1 fully saturated rings. The van der Waals surface area contributed by atoms with E-state index in [4.69, 9.17) is 10.5 Å². The molecule has 174 valence electrons. The molecule has 6 nitrogen and oxygen atoms in total. The molecule has 1 saturated heterocycles. The zero-order valence-electron chi connectivity index (χ0n) is 18.7. The highest BCUT2D eigenvalue weighted by atomic mass is 32.2. The number of nitrogens with two attached hydrogens (primary N) is 1. The summed E-state index contributed by atoms with van der Waals surface area (Å²) in [7, 11) is 0. The van der Waals surface area contributed by atoms with Gasteiger partial charge >= 0.3 is 0 Å². The van der Waals surface area contributed by atoms with Crippen molar-refractivity contribution in [3.8, 4) is 0 Å². The van der Waals surface area contributed by atoms with Crippen LogP contribution in [0.5, 0.6) is 0 Å². The molecule has 2 atom stereocenters. The van der Waals surface area contributed by atoms with Crippen LogP contribution in [0.2, 0.25) is 0 Å². The average molecular weight is 461 g/mol. The van der Waals surface area contributed by atoms with E-state index in [2.05, 4.69) is 21.7 Å². The maximum atomic E-state index is 13.9. The Bertz CT molecular complexity index is 957. The lowest BCUT2D eigenvalue weighted by atomic mass is 9.98. The first-order valence-corrected chi connectivity index (χ1v) is 12.4. The predicted octanol–water partition coefficient (Wildman–Crippen LogP) is 3.83. The molecule has 0 spiro atoms. The first kappa shape index (κ1) is 23.1. The summed E-state index contributed by atoms with van der Waals surface area (Å²) in [6.07, 6.45) is 8.91. The number of nitrogens with zero attached hydrogens (tertiary/aromatic N) is 2. The van der Waals surface area contributed by atoms with E-state index in [1.165, 1.54) is 6.07 Å². The summed E-state index contributed by atoms with van der Waals surface area (Å²) in [6.45, 7) is 6.63. The van der Waals surface area contributed by atoms with Crippen LogP contribution >= 0.6 is 11.8 Å². The van der Waals surface area contributed by atoms with Crippen LogP contribution in [0.4, 0.5) is 4.39 Å². The van der Waals surface area contributed by atoms with Gasteiger partial charge in [0.2, 0.25) is 0 Å². The number of H-pyrrole nitrogens is 1. The number of aromatic amines is 1. The van der Waals surface area contributed by atoms with Gasteiger partial charge in [0, 0.05) is 49.0 Å². The third-order valence-electron chi connectivity index (χ3n) is 6.40. The van der Waals surface area contributed by atoms with E-state index in [1.807, 2.05) is 12.4 Å². The molecule has 32 heavy (non-hydrogen) atoms. The molecule has 8 heteroatoms. The number of carbonyl (C=O) groups is 1. The molecule has 0 aliphatic carbocycles. The normalized spacial score (nSPS) is 20.6. The van der Waals surface area contributed by atoms with Crippen LogP contribution < -0.4 is 5.73 Å². The number of thioether (sulfide) groups is 1. The van der Waals surface area contributed by atoms with Crippen molar-refractivity contribution in [2.45, 2.75) is 50.4 Å². The van der Waals surface area contributed by atoms with Gasteiger partial charge in [-0.2, -0.15) is 0 Å². The van der Waals surface area contributed by atoms with Crippen molar-refractivity contribution in [2.75, 3.05) is 32.8 Å². The van der Waals surface area contributed by atoms with E-state index in [-0.39, 0.29) is 23.1 Å². The van der Waals surface area contributed by atoms with Crippen LogP contribution in [0.15, 0.2) is 35.5 Å². The maximum absolute atomic E-state index is 13.9. The highest BCUT2D eigenvalue weighted by Crippen LogP contribution is 2.38. The minimum absolute atomic E-state index is 0.171. The number of carbonyl (C=O) groups excluding carboxylic acids is 1. The standard InChI is InChI=1S/C24H33FN4O2S/c1-2-3-4-19(13-17-15-27-21-6-5-18(25)14-20(17)21)29-16-22(24(26)30)32-23(29)7-8-28-9-11-31-12-10-28/h5-6,14-16,19,23,27H,2-4,7-13H2,1H3,(H2,26,30). The van der Waals surface area contributed by atoms with Gasteiger partial charge in [0.05, 0.1) is 23.5 Å². The van der Waals surface area contributed by atoms with Gasteiger partial charge in [0.15, 0.2) is 0 Å². The van der Waals surface area contributed by atoms with Crippen LogP contribution in [0, 0.1) is 5.82 Å². The van der Waals surface area contributed by atoms with Gasteiger partial charge in [-0.1, -0.05) is 31.5 Å². The quantitative estimate of drug-likeness (QED) is 0.564. The summed E-state index contributed by atoms with van der Waals surface area (Å²) < 4.78 is 19.4. The van der Waals surface area contributed by atoms with Crippen molar-refractivity contribution >= 4 is 28.6 Å². The summed E-state index contributed by atoms with van der Waals surface area (Å²) in [5.41, 5.74) is 7.72. The Morgan fingerprint density at radius 1 is 1.38 bits per heavy atom. The molecule has 1 aromatic heterocycles. The first-order valence-electron chi connectivity index (χ1n) is 11.6. The molecule has 1 aromatic carbocycles. The van der Waals surface area contributed by atoms with Gasteiger partial charge in [0.1, 0.15) is 5.82 Å². The van der Waals surface area contributed by atoms with Crippen molar-refractivity contribution in [2.24, 2.45) is 5.73 Å². The Labute approximate surface area is 193 Å². The molecule has 2 aliphatic rings. The van der Waals surface area contributed by atoms with Gasteiger partial charge in [-0.3, -0.25) is 9.69 Å². The number of unbranched alkanes of at least 4 members (excludes halogenated alkanes) is 1. The number of rotatable bonds is 10. The second-order valence-corrected chi connectivity index (χ2v) is 9.84. The van der Waals surface area contributed by atoms with E-state index >= 15 is 0 Å². The third-order valence-corrected chi connectivity index (χ3v) is 7.71. The van der Waals surface area contributed by atoms with Crippen molar-refractivity contribution in [3.05, 3.63) is 46.9 Å². The minimum Gasteiger partial charge on any atom is -0.379 e. The van der Waals surface area contributed by atoms with E-state index in [9.17, 15) is 9.18 Å². The lowest BCUT2D eigenvalue weighted by Crippen LogP contribution is -2.41. The van der Waals surface area contributed by atoms with Crippen LogP contribution in [-0.2, 0) is 16.0 Å². The van der Waals surface area contributed by atoms with Crippen molar-refractivity contribution in [3.63, 3.8) is 0 Å². The molecule has 3 N–H and O–H groups in total. The molecule has 2 aliphatic heterocycles. The summed E-state index contributed by atoms with van der Waals surface area (Å²) in [5, 5.41) is 1.10. The molecule has 1 amide bonds. The van der Waals surface area contributed by atoms with Crippen molar-refractivity contribution in [1.82, 2.24) is 14.8 Å². The maximum Gasteiger partial charge on any atom is 0.256 e. The summed E-state index contributed by atoms with van der Waals surface area (Å²) >= 11 is 1.58. The fraction of sp³-hybridized carbons (Fsp3) is 0.542. The van der Waals surface area contributed by atoms with Gasteiger partial charge in [-0.05, 0) is 43.0 Å². The van der Waals surface area contributed by atoms with E-state index in [0.717, 1.165) is 81.4 Å². The Hall–Kier alpha value is -2.03. The summed E-state index contributed by atoms with van der Waals surface area (Å²) in [5.74, 6) is -0.586. The van der Waals surface area contributed by atoms with Gasteiger partial charge in [-0.15, -0.1) is 0 Å². The molecule has 2 unspecified atom stereocenters. The Kier molecular flexibility index (Phi) is 7.75. The number of ether oxygens (including phenoxy) is 1. The number of aromatic nitrogens is 1. The molecular weight excluding hydrogens is 427 g/mol.